The number of hydrogen-bond donors (Lipinski definition) is 2. The van der Waals surface area contributed by atoms with Crippen molar-refractivity contribution in [1.29, 1.82) is 0 Å². The third-order valence-electron chi connectivity index (χ3n) is 5.75. The van der Waals surface area contributed by atoms with Crippen LogP contribution in [0.1, 0.15) is 11.3 Å². The molecule has 1 aliphatic rings. The summed E-state index contributed by atoms with van der Waals surface area (Å²) in [6, 6.07) is 14.7. The molecule has 0 saturated carbocycles. The summed E-state index contributed by atoms with van der Waals surface area (Å²) in [4.78, 5) is 27.0. The highest BCUT2D eigenvalue weighted by Crippen LogP contribution is 2.33. The van der Waals surface area contributed by atoms with Gasteiger partial charge in [-0.05, 0) is 29.8 Å². The maximum absolute atomic E-state index is 13.5. The number of fused-ring (bicyclic) bond motifs is 1. The van der Waals surface area contributed by atoms with Crippen LogP contribution in [0.4, 0.5) is 19.7 Å². The molecule has 0 unspecified atom stereocenters. The molecule has 0 atom stereocenters. The van der Waals surface area contributed by atoms with Crippen LogP contribution in [0.15, 0.2) is 54.6 Å². The van der Waals surface area contributed by atoms with E-state index in [4.69, 9.17) is 14.2 Å². The highest BCUT2D eigenvalue weighted by Gasteiger charge is 2.29. The average Bonchev–Trinajstić information content (AvgIpc) is 3.26. The number of halogens is 1. The third kappa shape index (κ3) is 5.99. The Bertz CT molecular complexity index is 1180. The molecule has 1 aliphatic heterocycles. The van der Waals surface area contributed by atoms with Crippen LogP contribution >= 0.6 is 0 Å². The van der Waals surface area contributed by atoms with E-state index in [2.05, 4.69) is 15.7 Å². The van der Waals surface area contributed by atoms with Gasteiger partial charge in [0.1, 0.15) is 18.1 Å². The van der Waals surface area contributed by atoms with Crippen molar-refractivity contribution in [3.63, 3.8) is 0 Å². The van der Waals surface area contributed by atoms with Gasteiger partial charge in [-0.15, -0.1) is 0 Å². The topological polar surface area (TPSA) is 107 Å². The normalized spacial score (nSPS) is 12.8. The van der Waals surface area contributed by atoms with Crippen LogP contribution in [0, 0.1) is 5.82 Å². The van der Waals surface area contributed by atoms with Crippen LogP contribution in [0.25, 0.3) is 11.3 Å². The van der Waals surface area contributed by atoms with Crippen molar-refractivity contribution in [2.24, 2.45) is 0 Å². The number of carbonyl (C=O) groups is 2. The van der Waals surface area contributed by atoms with Crippen molar-refractivity contribution in [3.05, 3.63) is 71.7 Å². The van der Waals surface area contributed by atoms with Gasteiger partial charge in [-0.3, -0.25) is 4.68 Å². The van der Waals surface area contributed by atoms with E-state index >= 15 is 0 Å². The minimum Gasteiger partial charge on any atom is -0.445 e. The molecule has 3 aromatic rings. The predicted octanol–water partition coefficient (Wildman–Crippen LogP) is 3.58. The van der Waals surface area contributed by atoms with Gasteiger partial charge >= 0.3 is 12.1 Å². The van der Waals surface area contributed by atoms with Gasteiger partial charge < -0.3 is 29.7 Å². The molecule has 10 nitrogen and oxygen atoms in total. The van der Waals surface area contributed by atoms with E-state index in [9.17, 15) is 14.0 Å². The minimum atomic E-state index is -0.608. The second-order valence-electron chi connectivity index (χ2n) is 8.10. The highest BCUT2D eigenvalue weighted by molar-refractivity contribution is 5.94. The molecule has 3 amide bonds. The molecular weight excluding hydrogens is 469 g/mol. The number of benzene rings is 2. The second-order valence-corrected chi connectivity index (χ2v) is 8.10. The highest BCUT2D eigenvalue weighted by atomic mass is 19.1. The van der Waals surface area contributed by atoms with E-state index in [1.807, 2.05) is 30.3 Å². The summed E-state index contributed by atoms with van der Waals surface area (Å²) in [5, 5.41) is 10.2. The fourth-order valence-electron chi connectivity index (χ4n) is 3.82. The lowest BCUT2D eigenvalue weighted by Crippen LogP contribution is -2.40. The molecule has 1 aromatic heterocycles. The molecule has 0 radical (unpaired) electrons. The quantitative estimate of drug-likeness (QED) is 0.461. The fourth-order valence-corrected chi connectivity index (χ4v) is 3.82. The van der Waals surface area contributed by atoms with Gasteiger partial charge in [-0.1, -0.05) is 30.3 Å². The zero-order valence-electron chi connectivity index (χ0n) is 20.1. The standard InChI is InChI=1S/C25H28FN5O5/c1-34-21(35-2)14-27-24(32)28-23-20-15-30(25(33)36-16-17-6-4-3-5-7-17)12-13-31(20)29-22(23)18-8-10-19(26)11-9-18/h3-11,21H,12-16H2,1-2H3,(H2,27,28,32). The van der Waals surface area contributed by atoms with Gasteiger partial charge in [0.05, 0.1) is 31.0 Å². The van der Waals surface area contributed by atoms with Gasteiger partial charge in [0.15, 0.2) is 6.29 Å². The van der Waals surface area contributed by atoms with E-state index in [1.54, 1.807) is 21.7 Å². The summed E-state index contributed by atoms with van der Waals surface area (Å²) < 4.78 is 31.0. The smallest absolute Gasteiger partial charge is 0.410 e. The summed E-state index contributed by atoms with van der Waals surface area (Å²) in [6.45, 7) is 1.25. The average molecular weight is 498 g/mol. The van der Waals surface area contributed by atoms with E-state index in [-0.39, 0.29) is 25.5 Å². The van der Waals surface area contributed by atoms with Crippen LogP contribution in [0.3, 0.4) is 0 Å². The molecule has 2 heterocycles. The lowest BCUT2D eigenvalue weighted by atomic mass is 10.1. The number of aromatic nitrogens is 2. The Kier molecular flexibility index (Phi) is 8.13. The van der Waals surface area contributed by atoms with Crippen molar-refractivity contribution in [2.45, 2.75) is 26.0 Å². The van der Waals surface area contributed by atoms with Crippen molar-refractivity contribution in [2.75, 3.05) is 32.6 Å². The Morgan fingerprint density at radius 3 is 2.47 bits per heavy atom. The van der Waals surface area contributed by atoms with E-state index < -0.39 is 18.4 Å². The molecule has 0 fully saturated rings. The molecule has 2 N–H and O–H groups in total. The van der Waals surface area contributed by atoms with Crippen LogP contribution in [0.5, 0.6) is 0 Å². The van der Waals surface area contributed by atoms with E-state index in [0.717, 1.165) is 5.56 Å². The molecule has 36 heavy (non-hydrogen) atoms. The molecule has 190 valence electrons. The zero-order valence-corrected chi connectivity index (χ0v) is 20.1. The van der Waals surface area contributed by atoms with Crippen LogP contribution < -0.4 is 10.6 Å². The maximum atomic E-state index is 13.5. The molecule has 0 spiro atoms. The zero-order chi connectivity index (χ0) is 25.5. The SMILES string of the molecule is COC(CNC(=O)Nc1c(-c2ccc(F)cc2)nn2c1CN(C(=O)OCc1ccccc1)CC2)OC. The molecule has 0 bridgehead atoms. The minimum absolute atomic E-state index is 0.117. The largest absolute Gasteiger partial charge is 0.445 e. The van der Waals surface area contributed by atoms with Crippen LogP contribution in [-0.2, 0) is 33.9 Å². The van der Waals surface area contributed by atoms with Crippen LogP contribution in [0.2, 0.25) is 0 Å². The molecular formula is C25H28FN5O5. The summed E-state index contributed by atoms with van der Waals surface area (Å²) in [5.41, 5.74) is 3.03. The summed E-state index contributed by atoms with van der Waals surface area (Å²) >= 11 is 0. The van der Waals surface area contributed by atoms with Gasteiger partial charge in [-0.25, -0.2) is 14.0 Å². The lowest BCUT2D eigenvalue weighted by Gasteiger charge is -2.27. The monoisotopic (exact) mass is 497 g/mol. The first-order valence-electron chi connectivity index (χ1n) is 11.4. The third-order valence-corrected chi connectivity index (χ3v) is 5.75. The summed E-state index contributed by atoms with van der Waals surface area (Å²) in [6.07, 6.45) is -1.07. The first kappa shape index (κ1) is 25.1. The van der Waals surface area contributed by atoms with Crippen molar-refractivity contribution < 1.29 is 28.2 Å². The van der Waals surface area contributed by atoms with Crippen molar-refractivity contribution in [1.82, 2.24) is 20.0 Å². The Labute approximate surface area is 207 Å². The maximum Gasteiger partial charge on any atom is 0.410 e. The summed E-state index contributed by atoms with van der Waals surface area (Å²) in [7, 11) is 2.94. The number of methoxy groups -OCH3 is 2. The van der Waals surface area contributed by atoms with Gasteiger partial charge in [0.25, 0.3) is 0 Å². The number of amides is 3. The van der Waals surface area contributed by atoms with E-state index in [0.29, 0.717) is 35.7 Å². The molecule has 2 aromatic carbocycles. The summed E-state index contributed by atoms with van der Waals surface area (Å²) in [5.74, 6) is -0.382. The number of hydrogen-bond acceptors (Lipinski definition) is 6. The Morgan fingerprint density at radius 1 is 1.06 bits per heavy atom. The first-order chi connectivity index (χ1) is 17.5. The molecule has 11 heteroatoms. The second kappa shape index (κ2) is 11.6. The van der Waals surface area contributed by atoms with Crippen molar-refractivity contribution in [3.8, 4) is 11.3 Å². The Balaban J connectivity index is 1.54. The van der Waals surface area contributed by atoms with Gasteiger partial charge in [0, 0.05) is 26.3 Å². The van der Waals surface area contributed by atoms with E-state index in [1.165, 1.54) is 26.4 Å². The fraction of sp³-hybridized carbons (Fsp3) is 0.320. The van der Waals surface area contributed by atoms with Gasteiger partial charge in [0.2, 0.25) is 0 Å². The first-order valence-corrected chi connectivity index (χ1v) is 11.4. The van der Waals surface area contributed by atoms with Crippen molar-refractivity contribution >= 4 is 17.8 Å². The molecule has 0 saturated heterocycles. The molecule has 0 aliphatic carbocycles. The van der Waals surface area contributed by atoms with Gasteiger partial charge in [-0.2, -0.15) is 5.10 Å². The Hall–Kier alpha value is -3.96. The number of nitrogens with zero attached hydrogens (tertiary/aromatic N) is 3. The Morgan fingerprint density at radius 2 is 1.78 bits per heavy atom. The number of anilines is 1. The number of ether oxygens (including phenoxy) is 3. The predicted molar refractivity (Wildman–Crippen MR) is 129 cm³/mol. The number of urea groups is 1. The number of rotatable bonds is 8. The molecule has 4 rings (SSSR count). The van der Waals surface area contributed by atoms with Crippen LogP contribution in [-0.4, -0.2) is 60.4 Å². The number of carbonyl (C=O) groups excluding carboxylic acids is 2. The number of nitrogens with one attached hydrogen (secondary N) is 2. The lowest BCUT2D eigenvalue weighted by molar-refractivity contribution is -0.0970.